The molecule has 0 radical (unpaired) electrons. The van der Waals surface area contributed by atoms with Crippen LogP contribution < -0.4 is 5.32 Å². The molecular weight excluding hydrogens is 261 g/mol. The molecule has 0 aromatic heterocycles. The van der Waals surface area contributed by atoms with Crippen molar-refractivity contribution in [1.82, 2.24) is 5.32 Å². The third-order valence-electron chi connectivity index (χ3n) is 6.25. The molecule has 0 amide bonds. The van der Waals surface area contributed by atoms with Crippen LogP contribution in [-0.4, -0.2) is 6.04 Å². The minimum absolute atomic E-state index is 0.130. The van der Waals surface area contributed by atoms with E-state index in [0.717, 1.165) is 29.7 Å². The van der Waals surface area contributed by atoms with Gasteiger partial charge in [0.15, 0.2) is 0 Å². The van der Waals surface area contributed by atoms with E-state index in [4.69, 9.17) is 0 Å². The van der Waals surface area contributed by atoms with Crippen LogP contribution >= 0.6 is 0 Å². The quantitative estimate of drug-likeness (QED) is 0.800. The maximum absolute atomic E-state index is 13.2. The van der Waals surface area contributed by atoms with Gasteiger partial charge in [0.2, 0.25) is 0 Å². The van der Waals surface area contributed by atoms with Gasteiger partial charge >= 0.3 is 0 Å². The summed E-state index contributed by atoms with van der Waals surface area (Å²) in [5.74, 6) is 3.83. The summed E-state index contributed by atoms with van der Waals surface area (Å²) in [6.07, 6.45) is 8.09. The van der Waals surface area contributed by atoms with Crippen LogP contribution in [0.15, 0.2) is 24.3 Å². The van der Waals surface area contributed by atoms with Gasteiger partial charge in [-0.25, -0.2) is 4.39 Å². The van der Waals surface area contributed by atoms with E-state index < -0.39 is 0 Å². The standard InChI is InChI=1S/C19H26FN/c1-2-3-4-16(12-7-9-15(20)10-8-12)21-19-17-13-5-6-14(11-13)18(17)19/h7-10,13-14,16-19,21H,2-6,11H2,1H3. The van der Waals surface area contributed by atoms with Crippen LogP contribution in [0.25, 0.3) is 0 Å². The summed E-state index contributed by atoms with van der Waals surface area (Å²) >= 11 is 0. The van der Waals surface area contributed by atoms with E-state index in [1.165, 1.54) is 44.1 Å². The van der Waals surface area contributed by atoms with Gasteiger partial charge in [-0.15, -0.1) is 0 Å². The van der Waals surface area contributed by atoms with Crippen molar-refractivity contribution in [3.05, 3.63) is 35.6 Å². The van der Waals surface area contributed by atoms with Crippen LogP contribution in [0.2, 0.25) is 0 Å². The second-order valence-electron chi connectivity index (χ2n) is 7.43. The fraction of sp³-hybridized carbons (Fsp3) is 0.684. The van der Waals surface area contributed by atoms with Crippen molar-refractivity contribution in [3.63, 3.8) is 0 Å². The van der Waals surface area contributed by atoms with Crippen molar-refractivity contribution in [2.24, 2.45) is 23.7 Å². The molecule has 1 aromatic carbocycles. The van der Waals surface area contributed by atoms with E-state index >= 15 is 0 Å². The zero-order valence-corrected chi connectivity index (χ0v) is 12.9. The topological polar surface area (TPSA) is 12.0 Å². The zero-order chi connectivity index (χ0) is 14.4. The average Bonchev–Trinajstić information content (AvgIpc) is 2.88. The summed E-state index contributed by atoms with van der Waals surface area (Å²) in [6, 6.07) is 8.31. The number of hydrogen-bond acceptors (Lipinski definition) is 1. The molecule has 5 atom stereocenters. The number of fused-ring (bicyclic) bond motifs is 5. The molecule has 1 aromatic rings. The maximum Gasteiger partial charge on any atom is 0.123 e. The normalized spacial score (nSPS) is 37.5. The minimum atomic E-state index is -0.130. The van der Waals surface area contributed by atoms with Gasteiger partial charge in [0.1, 0.15) is 5.82 Å². The van der Waals surface area contributed by atoms with Crippen molar-refractivity contribution in [2.45, 2.75) is 57.5 Å². The van der Waals surface area contributed by atoms with Gasteiger partial charge in [-0.2, -0.15) is 0 Å². The lowest BCUT2D eigenvalue weighted by molar-refractivity contribution is 0.402. The summed E-state index contributed by atoms with van der Waals surface area (Å²) in [5.41, 5.74) is 1.27. The Morgan fingerprint density at radius 3 is 2.43 bits per heavy atom. The number of rotatable bonds is 6. The molecule has 3 saturated carbocycles. The Labute approximate surface area is 127 Å². The molecule has 1 N–H and O–H groups in total. The SMILES string of the molecule is CCCCC(NC1C2C3CCC(C3)C12)c1ccc(F)cc1. The molecule has 21 heavy (non-hydrogen) atoms. The largest absolute Gasteiger partial charge is 0.307 e. The average molecular weight is 287 g/mol. The van der Waals surface area contributed by atoms with Crippen LogP contribution in [0.1, 0.15) is 57.1 Å². The summed E-state index contributed by atoms with van der Waals surface area (Å²) in [6.45, 7) is 2.24. The predicted molar refractivity (Wildman–Crippen MR) is 83.4 cm³/mol. The van der Waals surface area contributed by atoms with Crippen molar-refractivity contribution in [1.29, 1.82) is 0 Å². The smallest absolute Gasteiger partial charge is 0.123 e. The van der Waals surface area contributed by atoms with E-state index in [2.05, 4.69) is 12.2 Å². The van der Waals surface area contributed by atoms with E-state index in [1.54, 1.807) is 12.1 Å². The number of hydrogen-bond donors (Lipinski definition) is 1. The molecule has 5 unspecified atom stereocenters. The third-order valence-corrected chi connectivity index (χ3v) is 6.25. The van der Waals surface area contributed by atoms with Gasteiger partial charge in [0.25, 0.3) is 0 Å². The first-order valence-electron chi connectivity index (χ1n) is 8.79. The monoisotopic (exact) mass is 287 g/mol. The van der Waals surface area contributed by atoms with Gasteiger partial charge in [0.05, 0.1) is 0 Å². The highest BCUT2D eigenvalue weighted by atomic mass is 19.1. The van der Waals surface area contributed by atoms with Crippen LogP contribution in [-0.2, 0) is 0 Å². The Balaban J connectivity index is 1.45. The van der Waals surface area contributed by atoms with Gasteiger partial charge < -0.3 is 5.32 Å². The van der Waals surface area contributed by atoms with E-state index in [0.29, 0.717) is 6.04 Å². The highest BCUT2D eigenvalue weighted by Crippen LogP contribution is 2.66. The lowest BCUT2D eigenvalue weighted by Crippen LogP contribution is -2.28. The van der Waals surface area contributed by atoms with Gasteiger partial charge in [0, 0.05) is 12.1 Å². The van der Waals surface area contributed by atoms with Crippen molar-refractivity contribution in [3.8, 4) is 0 Å². The molecule has 2 heteroatoms. The van der Waals surface area contributed by atoms with Crippen molar-refractivity contribution < 1.29 is 4.39 Å². The van der Waals surface area contributed by atoms with Crippen molar-refractivity contribution in [2.75, 3.05) is 0 Å². The Bertz CT molecular complexity index is 481. The van der Waals surface area contributed by atoms with Crippen molar-refractivity contribution >= 4 is 0 Å². The number of nitrogens with one attached hydrogen (secondary N) is 1. The van der Waals surface area contributed by atoms with Gasteiger partial charge in [-0.05, 0) is 67.1 Å². The summed E-state index contributed by atoms with van der Waals surface area (Å²) < 4.78 is 13.2. The molecule has 1 nitrogen and oxygen atoms in total. The molecule has 0 saturated heterocycles. The molecule has 0 heterocycles. The molecule has 114 valence electrons. The van der Waals surface area contributed by atoms with E-state index in [1.807, 2.05) is 12.1 Å². The summed E-state index contributed by atoms with van der Waals surface area (Å²) in [5, 5.41) is 3.94. The van der Waals surface area contributed by atoms with Gasteiger partial charge in [-0.1, -0.05) is 31.9 Å². The Morgan fingerprint density at radius 2 is 1.81 bits per heavy atom. The second-order valence-corrected chi connectivity index (χ2v) is 7.43. The highest BCUT2D eigenvalue weighted by molar-refractivity contribution is 5.23. The summed E-state index contributed by atoms with van der Waals surface area (Å²) in [4.78, 5) is 0. The summed E-state index contributed by atoms with van der Waals surface area (Å²) in [7, 11) is 0. The molecule has 0 aliphatic heterocycles. The number of unbranched alkanes of at least 4 members (excludes halogenated alkanes) is 1. The van der Waals surface area contributed by atoms with E-state index in [-0.39, 0.29) is 5.82 Å². The first-order valence-corrected chi connectivity index (χ1v) is 8.79. The fourth-order valence-corrected chi connectivity index (χ4v) is 5.23. The number of halogens is 1. The van der Waals surface area contributed by atoms with Crippen LogP contribution in [0.3, 0.4) is 0 Å². The Morgan fingerprint density at radius 1 is 1.14 bits per heavy atom. The lowest BCUT2D eigenvalue weighted by Gasteiger charge is -2.21. The number of benzene rings is 1. The molecule has 0 spiro atoms. The highest BCUT2D eigenvalue weighted by Gasteiger charge is 2.64. The lowest BCUT2D eigenvalue weighted by atomic mass is 9.99. The second kappa shape index (κ2) is 5.39. The van der Waals surface area contributed by atoms with E-state index in [9.17, 15) is 4.39 Å². The zero-order valence-electron chi connectivity index (χ0n) is 12.9. The Kier molecular flexibility index (Phi) is 3.53. The maximum atomic E-state index is 13.2. The predicted octanol–water partition coefficient (Wildman–Crippen LogP) is 4.69. The molecule has 3 aliphatic carbocycles. The van der Waals surface area contributed by atoms with Crippen LogP contribution in [0.4, 0.5) is 4.39 Å². The first-order chi connectivity index (χ1) is 10.3. The third kappa shape index (κ3) is 2.42. The molecule has 3 fully saturated rings. The van der Waals surface area contributed by atoms with Crippen LogP contribution in [0.5, 0.6) is 0 Å². The molecule has 3 aliphatic rings. The Hall–Kier alpha value is -0.890. The molecular formula is C19H26FN. The molecule has 2 bridgehead atoms. The fourth-order valence-electron chi connectivity index (χ4n) is 5.23. The van der Waals surface area contributed by atoms with Crippen LogP contribution in [0, 0.1) is 29.5 Å². The van der Waals surface area contributed by atoms with Gasteiger partial charge in [-0.3, -0.25) is 0 Å². The first kappa shape index (κ1) is 13.8. The minimum Gasteiger partial charge on any atom is -0.307 e. The molecule has 4 rings (SSSR count).